The van der Waals surface area contributed by atoms with Crippen molar-refractivity contribution in [1.82, 2.24) is 5.32 Å². The Morgan fingerprint density at radius 1 is 1.25 bits per heavy atom. The molecule has 0 saturated heterocycles. The van der Waals surface area contributed by atoms with Gasteiger partial charge >= 0.3 is 0 Å². The minimum atomic E-state index is -3.82. The molecule has 0 heterocycles. The lowest BCUT2D eigenvalue weighted by atomic mass is 10.2. The van der Waals surface area contributed by atoms with Crippen molar-refractivity contribution >= 4 is 16.0 Å². The van der Waals surface area contributed by atoms with Crippen LogP contribution in [0.4, 0.5) is 0 Å². The van der Waals surface area contributed by atoms with E-state index in [1.165, 1.54) is 0 Å². The molecule has 6 heteroatoms. The van der Waals surface area contributed by atoms with Crippen molar-refractivity contribution in [3.05, 3.63) is 12.2 Å². The lowest BCUT2D eigenvalue weighted by Crippen LogP contribution is -2.24. The van der Waals surface area contributed by atoms with Gasteiger partial charge in [0.15, 0.2) is 0 Å². The second kappa shape index (κ2) is 7.40. The number of nitrogens with one attached hydrogen (secondary N) is 1. The van der Waals surface area contributed by atoms with Gasteiger partial charge < -0.3 is 5.32 Å². The smallest absolute Gasteiger partial charge is 0.264 e. The molecule has 5 nitrogen and oxygen atoms in total. The topological polar surface area (TPSA) is 83.5 Å². The Bertz CT molecular complexity index is 335. The number of carbonyl (C=O) groups is 1. The Morgan fingerprint density at radius 3 is 2.31 bits per heavy atom. The standard InChI is InChI=1S/C10H19NO4S/c1-9(2)10(12)11-7-5-3-4-6-8-16(13,14)15/h1,3-8H2,2H3,(H,11,12)(H,13,14,15). The summed E-state index contributed by atoms with van der Waals surface area (Å²) in [5.41, 5.74) is 0.478. The summed E-state index contributed by atoms with van der Waals surface area (Å²) < 4.78 is 29.2. The van der Waals surface area contributed by atoms with Crippen molar-refractivity contribution in [2.75, 3.05) is 12.3 Å². The summed E-state index contributed by atoms with van der Waals surface area (Å²) >= 11 is 0. The van der Waals surface area contributed by atoms with E-state index in [0.29, 0.717) is 18.5 Å². The fourth-order valence-electron chi connectivity index (χ4n) is 1.12. The molecule has 0 aromatic carbocycles. The van der Waals surface area contributed by atoms with Crippen LogP contribution in [0.2, 0.25) is 0 Å². The predicted octanol–water partition coefficient (Wildman–Crippen LogP) is 1.13. The van der Waals surface area contributed by atoms with Crippen LogP contribution >= 0.6 is 0 Å². The van der Waals surface area contributed by atoms with E-state index < -0.39 is 10.1 Å². The van der Waals surface area contributed by atoms with Crippen molar-refractivity contribution in [3.8, 4) is 0 Å². The van der Waals surface area contributed by atoms with Crippen LogP contribution in [-0.2, 0) is 14.9 Å². The maximum Gasteiger partial charge on any atom is 0.264 e. The number of hydrogen-bond donors (Lipinski definition) is 2. The number of hydrogen-bond acceptors (Lipinski definition) is 3. The number of amides is 1. The Hall–Kier alpha value is -0.880. The predicted molar refractivity (Wildman–Crippen MR) is 62.7 cm³/mol. The van der Waals surface area contributed by atoms with Gasteiger partial charge in [0.1, 0.15) is 0 Å². The van der Waals surface area contributed by atoms with E-state index in [4.69, 9.17) is 4.55 Å². The summed E-state index contributed by atoms with van der Waals surface area (Å²) in [6.45, 7) is 5.71. The molecule has 0 bridgehead atoms. The van der Waals surface area contributed by atoms with Crippen molar-refractivity contribution < 1.29 is 17.8 Å². The molecule has 0 aliphatic rings. The Labute approximate surface area is 96.7 Å². The molecule has 0 aromatic rings. The number of carbonyl (C=O) groups excluding carboxylic acids is 1. The molecule has 0 radical (unpaired) electrons. The summed E-state index contributed by atoms with van der Waals surface area (Å²) in [4.78, 5) is 11.0. The first-order chi connectivity index (χ1) is 7.33. The average Bonchev–Trinajstić information content (AvgIpc) is 2.14. The second-order valence-electron chi connectivity index (χ2n) is 3.74. The van der Waals surface area contributed by atoms with E-state index in [1.807, 2.05) is 0 Å². The zero-order chi connectivity index (χ0) is 12.6. The van der Waals surface area contributed by atoms with E-state index in [0.717, 1.165) is 19.3 Å². The quantitative estimate of drug-likeness (QED) is 0.384. The van der Waals surface area contributed by atoms with E-state index in [-0.39, 0.29) is 11.7 Å². The number of unbranched alkanes of at least 4 members (excludes halogenated alkanes) is 3. The molecular formula is C10H19NO4S. The van der Waals surface area contributed by atoms with E-state index in [1.54, 1.807) is 6.92 Å². The third-order valence-electron chi connectivity index (χ3n) is 2.00. The first kappa shape index (κ1) is 15.1. The molecule has 16 heavy (non-hydrogen) atoms. The van der Waals surface area contributed by atoms with Crippen LogP contribution in [0.15, 0.2) is 12.2 Å². The van der Waals surface area contributed by atoms with Gasteiger partial charge in [-0.3, -0.25) is 9.35 Å². The van der Waals surface area contributed by atoms with Gasteiger partial charge in [0, 0.05) is 12.1 Å². The molecule has 0 aromatic heterocycles. The molecule has 0 saturated carbocycles. The van der Waals surface area contributed by atoms with Crippen molar-refractivity contribution in [2.24, 2.45) is 0 Å². The third kappa shape index (κ3) is 9.67. The maximum atomic E-state index is 11.0. The Morgan fingerprint density at radius 2 is 1.81 bits per heavy atom. The van der Waals surface area contributed by atoms with Crippen molar-refractivity contribution in [2.45, 2.75) is 32.6 Å². The fourth-order valence-corrected chi connectivity index (χ4v) is 1.68. The monoisotopic (exact) mass is 249 g/mol. The molecule has 0 spiro atoms. The highest BCUT2D eigenvalue weighted by Crippen LogP contribution is 2.01. The lowest BCUT2D eigenvalue weighted by molar-refractivity contribution is -0.117. The number of rotatable bonds is 8. The highest BCUT2D eigenvalue weighted by atomic mass is 32.2. The zero-order valence-electron chi connectivity index (χ0n) is 9.53. The van der Waals surface area contributed by atoms with Gasteiger partial charge in [0.05, 0.1) is 5.75 Å². The molecule has 0 atom stereocenters. The molecule has 0 unspecified atom stereocenters. The molecule has 0 fully saturated rings. The van der Waals surface area contributed by atoms with Crippen LogP contribution in [0, 0.1) is 0 Å². The first-order valence-electron chi connectivity index (χ1n) is 5.22. The van der Waals surface area contributed by atoms with Crippen LogP contribution in [0.1, 0.15) is 32.6 Å². The van der Waals surface area contributed by atoms with E-state index in [9.17, 15) is 13.2 Å². The van der Waals surface area contributed by atoms with Crippen LogP contribution in [0.5, 0.6) is 0 Å². The molecular weight excluding hydrogens is 230 g/mol. The first-order valence-corrected chi connectivity index (χ1v) is 6.82. The van der Waals surface area contributed by atoms with Gasteiger partial charge in [-0.1, -0.05) is 19.4 Å². The van der Waals surface area contributed by atoms with Gasteiger partial charge in [-0.15, -0.1) is 0 Å². The zero-order valence-corrected chi connectivity index (χ0v) is 10.3. The summed E-state index contributed by atoms with van der Waals surface area (Å²) in [6, 6.07) is 0. The molecule has 0 aliphatic heterocycles. The summed E-state index contributed by atoms with van der Waals surface area (Å²) in [5.74, 6) is -0.344. The van der Waals surface area contributed by atoms with Gasteiger partial charge in [0.2, 0.25) is 5.91 Å². The van der Waals surface area contributed by atoms with Gasteiger partial charge in [-0.05, 0) is 19.8 Å². The minimum absolute atomic E-state index is 0.155. The molecule has 94 valence electrons. The van der Waals surface area contributed by atoms with E-state index >= 15 is 0 Å². The molecule has 1 amide bonds. The largest absolute Gasteiger partial charge is 0.352 e. The van der Waals surface area contributed by atoms with Crippen LogP contribution in [0.3, 0.4) is 0 Å². The summed E-state index contributed by atoms with van der Waals surface area (Å²) in [5, 5.41) is 2.68. The van der Waals surface area contributed by atoms with Gasteiger partial charge in [-0.2, -0.15) is 8.42 Å². The third-order valence-corrected chi connectivity index (χ3v) is 2.81. The molecule has 2 N–H and O–H groups in total. The highest BCUT2D eigenvalue weighted by molar-refractivity contribution is 7.85. The fraction of sp³-hybridized carbons (Fsp3) is 0.700. The Kier molecular flexibility index (Phi) is 7.00. The van der Waals surface area contributed by atoms with Crippen molar-refractivity contribution in [1.29, 1.82) is 0 Å². The van der Waals surface area contributed by atoms with Gasteiger partial charge in [-0.25, -0.2) is 0 Å². The second-order valence-corrected chi connectivity index (χ2v) is 5.31. The summed E-state index contributed by atoms with van der Waals surface area (Å²) in [6.07, 6.45) is 2.80. The molecule has 0 aliphatic carbocycles. The van der Waals surface area contributed by atoms with Crippen LogP contribution < -0.4 is 5.32 Å². The van der Waals surface area contributed by atoms with Crippen LogP contribution in [-0.4, -0.2) is 31.2 Å². The van der Waals surface area contributed by atoms with E-state index in [2.05, 4.69) is 11.9 Å². The average molecular weight is 249 g/mol. The van der Waals surface area contributed by atoms with Crippen molar-refractivity contribution in [3.63, 3.8) is 0 Å². The highest BCUT2D eigenvalue weighted by Gasteiger charge is 2.03. The minimum Gasteiger partial charge on any atom is -0.352 e. The molecule has 0 rings (SSSR count). The SMILES string of the molecule is C=C(C)C(=O)NCCCCCCS(=O)(=O)O. The lowest BCUT2D eigenvalue weighted by Gasteiger charge is -2.04. The van der Waals surface area contributed by atoms with Crippen LogP contribution in [0.25, 0.3) is 0 Å². The van der Waals surface area contributed by atoms with Gasteiger partial charge in [0.25, 0.3) is 10.1 Å². The summed E-state index contributed by atoms with van der Waals surface area (Å²) in [7, 11) is -3.82. The maximum absolute atomic E-state index is 11.0. The normalized spacial score (nSPS) is 11.1. The Balaban J connectivity index is 3.35.